The van der Waals surface area contributed by atoms with E-state index in [1.165, 1.54) is 17.8 Å². The van der Waals surface area contributed by atoms with Crippen molar-refractivity contribution < 1.29 is 4.92 Å². The molecule has 1 aromatic carbocycles. The highest BCUT2D eigenvalue weighted by atomic mass is 16.6. The second-order valence-electron chi connectivity index (χ2n) is 7.15. The Bertz CT molecular complexity index is 921. The van der Waals surface area contributed by atoms with Crippen LogP contribution in [0.1, 0.15) is 32.0 Å². The van der Waals surface area contributed by atoms with E-state index in [2.05, 4.69) is 50.0 Å². The first-order chi connectivity index (χ1) is 11.8. The van der Waals surface area contributed by atoms with Gasteiger partial charge in [0.2, 0.25) is 0 Å². The summed E-state index contributed by atoms with van der Waals surface area (Å²) in [5.74, 6) is 0. The number of nitrogens with two attached hydrogens (primary N) is 1. The first-order valence-corrected chi connectivity index (χ1v) is 8.27. The summed E-state index contributed by atoms with van der Waals surface area (Å²) < 4.78 is 1.78. The number of aromatic nitrogens is 2. The van der Waals surface area contributed by atoms with Gasteiger partial charge in [-0.15, -0.1) is 0 Å². The molecule has 2 aromatic heterocycles. The molecule has 0 aliphatic rings. The van der Waals surface area contributed by atoms with Crippen molar-refractivity contribution in [3.63, 3.8) is 0 Å². The van der Waals surface area contributed by atoms with E-state index in [1.807, 2.05) is 0 Å². The van der Waals surface area contributed by atoms with E-state index in [-0.39, 0.29) is 11.1 Å². The predicted molar refractivity (Wildman–Crippen MR) is 98.7 cm³/mol. The number of hydrogen-bond acceptors (Lipinski definition) is 4. The lowest BCUT2D eigenvalue weighted by Gasteiger charge is -2.19. The molecule has 2 heterocycles. The SMILES string of the molecule is CC(C)(C)c1ccc(-c2nc3ccc([N+](=O)[O-])cn3c2CCN)cc1. The number of benzene rings is 1. The Hall–Kier alpha value is -2.73. The highest BCUT2D eigenvalue weighted by molar-refractivity contribution is 5.67. The molecule has 0 aliphatic heterocycles. The maximum atomic E-state index is 11.1. The second kappa shape index (κ2) is 6.29. The van der Waals surface area contributed by atoms with Gasteiger partial charge in [-0.3, -0.25) is 14.5 Å². The molecule has 0 amide bonds. The molecule has 0 unspecified atom stereocenters. The molecule has 3 aromatic rings. The van der Waals surface area contributed by atoms with Gasteiger partial charge in [0.25, 0.3) is 5.69 Å². The van der Waals surface area contributed by atoms with Crippen LogP contribution in [0.25, 0.3) is 16.9 Å². The van der Waals surface area contributed by atoms with Crippen molar-refractivity contribution in [3.05, 3.63) is 64.0 Å². The third-order valence-corrected chi connectivity index (χ3v) is 4.32. The van der Waals surface area contributed by atoms with E-state index in [9.17, 15) is 10.1 Å². The number of hydrogen-bond donors (Lipinski definition) is 1. The van der Waals surface area contributed by atoms with Gasteiger partial charge in [-0.05, 0) is 23.6 Å². The molecule has 0 aliphatic carbocycles. The minimum atomic E-state index is -0.399. The van der Waals surface area contributed by atoms with E-state index in [0.29, 0.717) is 18.6 Å². The Morgan fingerprint density at radius 3 is 2.40 bits per heavy atom. The molecule has 6 heteroatoms. The standard InChI is InChI=1S/C19H22N4O2/c1-19(2,3)14-6-4-13(5-7-14)18-16(10-11-20)22-12-15(23(24)25)8-9-17(22)21-18/h4-9,12H,10-11,20H2,1-3H3. The lowest BCUT2D eigenvalue weighted by Crippen LogP contribution is -2.10. The number of nitrogens with zero attached hydrogens (tertiary/aromatic N) is 3. The third kappa shape index (κ3) is 3.25. The average Bonchev–Trinajstić information content (AvgIpc) is 2.92. The molecule has 0 saturated carbocycles. The zero-order valence-corrected chi connectivity index (χ0v) is 14.7. The summed E-state index contributed by atoms with van der Waals surface area (Å²) in [6.45, 7) is 6.97. The molecule has 0 radical (unpaired) electrons. The summed E-state index contributed by atoms with van der Waals surface area (Å²) >= 11 is 0. The number of nitro groups is 1. The van der Waals surface area contributed by atoms with Crippen LogP contribution in [0.5, 0.6) is 0 Å². The first-order valence-electron chi connectivity index (χ1n) is 8.27. The lowest BCUT2D eigenvalue weighted by atomic mass is 9.86. The van der Waals surface area contributed by atoms with Gasteiger partial charge in [0.1, 0.15) is 5.65 Å². The predicted octanol–water partition coefficient (Wildman–Crippen LogP) is 3.71. The molecule has 0 bridgehead atoms. The number of pyridine rings is 1. The largest absolute Gasteiger partial charge is 0.330 e. The van der Waals surface area contributed by atoms with Crippen LogP contribution in [-0.2, 0) is 11.8 Å². The van der Waals surface area contributed by atoms with Crippen LogP contribution in [0.3, 0.4) is 0 Å². The number of fused-ring (bicyclic) bond motifs is 1. The van der Waals surface area contributed by atoms with E-state index >= 15 is 0 Å². The second-order valence-corrected chi connectivity index (χ2v) is 7.15. The Labute approximate surface area is 146 Å². The van der Waals surface area contributed by atoms with Crippen molar-refractivity contribution in [2.75, 3.05) is 6.54 Å². The molecule has 0 atom stereocenters. The van der Waals surface area contributed by atoms with Crippen LogP contribution in [-0.4, -0.2) is 20.9 Å². The van der Waals surface area contributed by atoms with Crippen molar-refractivity contribution in [1.29, 1.82) is 0 Å². The van der Waals surface area contributed by atoms with Crippen LogP contribution in [0.15, 0.2) is 42.6 Å². The molecular formula is C19H22N4O2. The van der Waals surface area contributed by atoms with E-state index in [0.717, 1.165) is 17.0 Å². The molecule has 2 N–H and O–H groups in total. The highest BCUT2D eigenvalue weighted by Crippen LogP contribution is 2.29. The molecule has 0 saturated heterocycles. The van der Waals surface area contributed by atoms with Gasteiger partial charge < -0.3 is 5.73 Å². The molecule has 0 fully saturated rings. The molecule has 25 heavy (non-hydrogen) atoms. The summed E-state index contributed by atoms with van der Waals surface area (Å²) in [6, 6.07) is 11.5. The first kappa shape index (κ1) is 17.1. The summed E-state index contributed by atoms with van der Waals surface area (Å²) in [4.78, 5) is 15.3. The molecule has 3 rings (SSSR count). The van der Waals surface area contributed by atoms with Gasteiger partial charge in [0.15, 0.2) is 0 Å². The van der Waals surface area contributed by atoms with Gasteiger partial charge in [-0.25, -0.2) is 4.98 Å². The maximum Gasteiger partial charge on any atom is 0.286 e. The fourth-order valence-corrected chi connectivity index (χ4v) is 2.92. The van der Waals surface area contributed by atoms with Gasteiger partial charge in [0, 0.05) is 18.1 Å². The quantitative estimate of drug-likeness (QED) is 0.580. The van der Waals surface area contributed by atoms with Crippen molar-refractivity contribution in [2.24, 2.45) is 5.73 Å². The van der Waals surface area contributed by atoms with Crippen molar-refractivity contribution >= 4 is 11.3 Å². The third-order valence-electron chi connectivity index (χ3n) is 4.32. The van der Waals surface area contributed by atoms with Crippen molar-refractivity contribution in [3.8, 4) is 11.3 Å². The fraction of sp³-hybridized carbons (Fsp3) is 0.316. The van der Waals surface area contributed by atoms with Gasteiger partial charge in [-0.2, -0.15) is 0 Å². The van der Waals surface area contributed by atoms with Crippen LogP contribution in [0, 0.1) is 10.1 Å². The number of imidazole rings is 1. The zero-order chi connectivity index (χ0) is 18.2. The minimum absolute atomic E-state index is 0.0396. The zero-order valence-electron chi connectivity index (χ0n) is 14.7. The molecular weight excluding hydrogens is 316 g/mol. The Morgan fingerprint density at radius 2 is 1.84 bits per heavy atom. The van der Waals surface area contributed by atoms with E-state index in [1.54, 1.807) is 10.5 Å². The topological polar surface area (TPSA) is 86.5 Å². The van der Waals surface area contributed by atoms with E-state index < -0.39 is 4.92 Å². The smallest absolute Gasteiger partial charge is 0.286 e. The van der Waals surface area contributed by atoms with Gasteiger partial charge in [-0.1, -0.05) is 45.0 Å². The molecule has 0 spiro atoms. The molecule has 6 nitrogen and oxygen atoms in total. The maximum absolute atomic E-state index is 11.1. The van der Waals surface area contributed by atoms with Gasteiger partial charge in [0.05, 0.1) is 22.5 Å². The fourth-order valence-electron chi connectivity index (χ4n) is 2.92. The normalized spacial score (nSPS) is 11.8. The summed E-state index contributed by atoms with van der Waals surface area (Å²) in [6.07, 6.45) is 2.11. The summed E-state index contributed by atoms with van der Waals surface area (Å²) in [7, 11) is 0. The van der Waals surface area contributed by atoms with Gasteiger partial charge >= 0.3 is 0 Å². The highest BCUT2D eigenvalue weighted by Gasteiger charge is 2.18. The van der Waals surface area contributed by atoms with Crippen LogP contribution in [0.2, 0.25) is 0 Å². The summed E-state index contributed by atoms with van der Waals surface area (Å²) in [5.41, 5.74) is 10.5. The molecule has 130 valence electrons. The average molecular weight is 338 g/mol. The van der Waals surface area contributed by atoms with Crippen molar-refractivity contribution in [1.82, 2.24) is 9.38 Å². The number of rotatable bonds is 4. The van der Waals surface area contributed by atoms with Crippen LogP contribution in [0.4, 0.5) is 5.69 Å². The Morgan fingerprint density at radius 1 is 1.16 bits per heavy atom. The van der Waals surface area contributed by atoms with Crippen molar-refractivity contribution in [2.45, 2.75) is 32.6 Å². The monoisotopic (exact) mass is 338 g/mol. The Balaban J connectivity index is 2.15. The Kier molecular flexibility index (Phi) is 4.30. The van der Waals surface area contributed by atoms with Crippen LogP contribution >= 0.6 is 0 Å². The van der Waals surface area contributed by atoms with E-state index in [4.69, 9.17) is 5.73 Å². The summed E-state index contributed by atoms with van der Waals surface area (Å²) in [5, 5.41) is 11.1. The lowest BCUT2D eigenvalue weighted by molar-refractivity contribution is -0.385. The minimum Gasteiger partial charge on any atom is -0.330 e. The van der Waals surface area contributed by atoms with Crippen LogP contribution < -0.4 is 5.73 Å².